The molecular weight excluding hydrogens is 943 g/mol. The Balaban J connectivity index is 0.778. The van der Waals surface area contributed by atoms with E-state index in [0.29, 0.717) is 50.6 Å². The summed E-state index contributed by atoms with van der Waals surface area (Å²) in [5.41, 5.74) is 5.71. The molecule has 21 heteroatoms. The van der Waals surface area contributed by atoms with E-state index in [1.807, 2.05) is 76.5 Å². The quantitative estimate of drug-likeness (QED) is 0.0557. The number of aromatic nitrogens is 6. The van der Waals surface area contributed by atoms with Crippen LogP contribution in [0.3, 0.4) is 0 Å². The fourth-order valence-electron chi connectivity index (χ4n) is 8.89. The Hall–Kier alpha value is -5.68. The molecule has 3 amide bonds. The van der Waals surface area contributed by atoms with Crippen molar-refractivity contribution in [2.45, 2.75) is 111 Å². The van der Waals surface area contributed by atoms with Crippen molar-refractivity contribution in [1.29, 1.82) is 0 Å². The summed E-state index contributed by atoms with van der Waals surface area (Å²) < 4.78 is 30.5. The smallest absolute Gasteiger partial charge is 0.246 e. The van der Waals surface area contributed by atoms with Crippen molar-refractivity contribution >= 4 is 57.7 Å². The van der Waals surface area contributed by atoms with Crippen LogP contribution in [0.4, 0.5) is 17.6 Å². The molecule has 7 rings (SSSR count). The summed E-state index contributed by atoms with van der Waals surface area (Å²) in [6.07, 6.45) is 4.87. The third-order valence-corrected chi connectivity index (χ3v) is 13.7. The molecule has 2 aliphatic heterocycles. The van der Waals surface area contributed by atoms with Crippen molar-refractivity contribution in [3.63, 3.8) is 0 Å². The highest BCUT2D eigenvalue weighted by atomic mass is 32.1. The standard InChI is InChI=1S/C51H71N11O9S/c1-32(2)62-40-26-43(57-42-13-16-52-50(58-42)60-17-14-38(67-8)15-18-60)53-27-39(40)56-44(62)29-70-23-21-68-19-20-69-22-24-71-30-45(64)59-47(51(5,6)7)49(66)61-28-37(63)25-41(61)48(65)55-33(3)35-9-11-36(12-10-35)46-34(4)54-31-72-46/h9-13,16,26-27,31-33,37-38,41,47,63H,14-15,17-25,28-30H2,1-8H3,(H,55,65)(H,59,64)(H,52,53,57,58)/t33-,37-,41+,47+/m0/s1. The maximum absolute atomic E-state index is 14.0. The first-order chi connectivity index (χ1) is 34.6. The number of methoxy groups -OCH3 is 1. The number of nitrogens with zero attached hydrogens (tertiary/aromatic N) is 8. The zero-order valence-electron chi connectivity index (χ0n) is 42.8. The summed E-state index contributed by atoms with van der Waals surface area (Å²) in [5.74, 6) is 1.47. The molecule has 0 unspecified atom stereocenters. The zero-order valence-corrected chi connectivity index (χ0v) is 43.6. The number of aryl methyl sites for hydroxylation is 1. The summed E-state index contributed by atoms with van der Waals surface area (Å²) in [7, 11) is 1.76. The number of imidazole rings is 1. The van der Waals surface area contributed by atoms with E-state index in [-0.39, 0.29) is 56.9 Å². The van der Waals surface area contributed by atoms with Gasteiger partial charge in [0.1, 0.15) is 48.3 Å². The van der Waals surface area contributed by atoms with E-state index in [2.05, 4.69) is 54.2 Å². The Bertz CT molecular complexity index is 2560. The second-order valence-corrected chi connectivity index (χ2v) is 20.4. The molecule has 0 saturated carbocycles. The SMILES string of the molecule is COC1CCN(c2nccc(Nc3cc4c(cn3)nc(COCCOCCOCCOCC(=O)N[C@H](C(=O)N3C[C@@H](O)C[C@@H]3C(=O)N[C@@H](C)c3ccc(-c5scnc5C)cc3)C(C)(C)C)n4C(C)C)n2)CC1. The van der Waals surface area contributed by atoms with Gasteiger partial charge in [-0.1, -0.05) is 45.0 Å². The highest BCUT2D eigenvalue weighted by Crippen LogP contribution is 2.31. The molecule has 390 valence electrons. The van der Waals surface area contributed by atoms with Crippen molar-refractivity contribution in [3.8, 4) is 10.4 Å². The molecule has 2 aliphatic rings. The Morgan fingerprint density at radius 2 is 1.57 bits per heavy atom. The number of rotatable bonds is 24. The zero-order chi connectivity index (χ0) is 51.4. The van der Waals surface area contributed by atoms with Gasteiger partial charge in [-0.3, -0.25) is 14.4 Å². The molecule has 6 heterocycles. The number of ether oxygens (including phenoxy) is 5. The van der Waals surface area contributed by atoms with Gasteiger partial charge in [0.05, 0.1) is 85.7 Å². The predicted octanol–water partition coefficient (Wildman–Crippen LogP) is 5.53. The van der Waals surface area contributed by atoms with Gasteiger partial charge in [0.2, 0.25) is 23.7 Å². The van der Waals surface area contributed by atoms with Crippen molar-refractivity contribution in [1.82, 2.24) is 45.0 Å². The van der Waals surface area contributed by atoms with Crippen LogP contribution in [0.25, 0.3) is 21.5 Å². The number of thiazole rings is 1. The molecule has 2 saturated heterocycles. The summed E-state index contributed by atoms with van der Waals surface area (Å²) in [6.45, 7) is 17.0. The Morgan fingerprint density at radius 3 is 2.22 bits per heavy atom. The minimum atomic E-state index is -0.974. The number of benzene rings is 1. The van der Waals surface area contributed by atoms with Gasteiger partial charge in [-0.25, -0.2) is 19.9 Å². The van der Waals surface area contributed by atoms with Gasteiger partial charge in [-0.05, 0) is 63.1 Å². The summed E-state index contributed by atoms with van der Waals surface area (Å²) in [6, 6.07) is 9.63. The van der Waals surface area contributed by atoms with Gasteiger partial charge in [0.25, 0.3) is 0 Å². The van der Waals surface area contributed by atoms with Crippen LogP contribution in [0.1, 0.15) is 90.0 Å². The van der Waals surface area contributed by atoms with E-state index in [4.69, 9.17) is 33.7 Å². The number of nitrogens with one attached hydrogen (secondary N) is 3. The highest BCUT2D eigenvalue weighted by molar-refractivity contribution is 7.13. The van der Waals surface area contributed by atoms with Crippen LogP contribution in [0.2, 0.25) is 0 Å². The molecule has 4 aromatic heterocycles. The van der Waals surface area contributed by atoms with Crippen molar-refractivity contribution in [2.24, 2.45) is 5.41 Å². The minimum absolute atomic E-state index is 0.0226. The second kappa shape index (κ2) is 25.3. The van der Waals surface area contributed by atoms with Crippen LogP contribution in [0.15, 0.2) is 54.3 Å². The molecule has 4 atom stereocenters. The molecule has 0 aliphatic carbocycles. The van der Waals surface area contributed by atoms with Gasteiger partial charge >= 0.3 is 0 Å². The van der Waals surface area contributed by atoms with Gasteiger partial charge in [0, 0.05) is 51.5 Å². The maximum Gasteiger partial charge on any atom is 0.246 e. The van der Waals surface area contributed by atoms with Gasteiger partial charge in [-0.15, -0.1) is 11.3 Å². The first-order valence-electron chi connectivity index (χ1n) is 24.7. The summed E-state index contributed by atoms with van der Waals surface area (Å²) >= 11 is 1.57. The molecule has 20 nitrogen and oxygen atoms in total. The number of aliphatic hydroxyl groups excluding tert-OH is 1. The molecule has 2 fully saturated rings. The van der Waals surface area contributed by atoms with Crippen LogP contribution >= 0.6 is 11.3 Å². The topological polar surface area (TPSA) is 230 Å². The molecule has 0 radical (unpaired) electrons. The van der Waals surface area contributed by atoms with Crippen LogP contribution in [-0.2, 0) is 44.7 Å². The number of fused-ring (bicyclic) bond motifs is 1. The van der Waals surface area contributed by atoms with Gasteiger partial charge in [-0.2, -0.15) is 4.98 Å². The van der Waals surface area contributed by atoms with E-state index >= 15 is 0 Å². The average Bonchev–Trinajstić information content (AvgIpc) is 4.09. The monoisotopic (exact) mass is 1010 g/mol. The fraction of sp³-hybridized carbons (Fsp3) is 0.569. The predicted molar refractivity (Wildman–Crippen MR) is 274 cm³/mol. The lowest BCUT2D eigenvalue weighted by atomic mass is 9.85. The fourth-order valence-corrected chi connectivity index (χ4v) is 9.70. The number of pyridine rings is 1. The summed E-state index contributed by atoms with van der Waals surface area (Å²) in [5, 5.41) is 19.8. The van der Waals surface area contributed by atoms with Gasteiger partial charge in [0.15, 0.2) is 0 Å². The molecule has 0 spiro atoms. The Kier molecular flexibility index (Phi) is 19.0. The van der Waals surface area contributed by atoms with E-state index in [1.165, 1.54) is 4.90 Å². The summed E-state index contributed by atoms with van der Waals surface area (Å²) in [4.78, 5) is 68.4. The highest BCUT2D eigenvalue weighted by Gasteiger charge is 2.44. The average molecular weight is 1010 g/mol. The molecular formula is C51H71N11O9S. The van der Waals surface area contributed by atoms with Crippen molar-refractivity contribution in [2.75, 3.05) is 83.2 Å². The van der Waals surface area contributed by atoms with E-state index < -0.39 is 35.4 Å². The van der Waals surface area contributed by atoms with Crippen LogP contribution in [-0.4, -0.2) is 154 Å². The van der Waals surface area contributed by atoms with Crippen molar-refractivity contribution < 1.29 is 43.2 Å². The largest absolute Gasteiger partial charge is 0.391 e. The first kappa shape index (κ1) is 54.1. The number of hydrogen-bond acceptors (Lipinski definition) is 17. The maximum atomic E-state index is 14.0. The number of likely N-dealkylation sites (tertiary alicyclic amines) is 1. The molecule has 72 heavy (non-hydrogen) atoms. The lowest BCUT2D eigenvalue weighted by molar-refractivity contribution is -0.144. The van der Waals surface area contributed by atoms with E-state index in [1.54, 1.807) is 30.8 Å². The number of aliphatic hydroxyl groups is 1. The number of piperidine rings is 1. The molecule has 5 aromatic rings. The number of amides is 3. The lowest BCUT2D eigenvalue weighted by Crippen LogP contribution is -2.58. The lowest BCUT2D eigenvalue weighted by Gasteiger charge is -2.35. The molecule has 4 N–H and O–H groups in total. The van der Waals surface area contributed by atoms with E-state index in [0.717, 1.165) is 64.5 Å². The minimum Gasteiger partial charge on any atom is -0.391 e. The Morgan fingerprint density at radius 1 is 0.875 bits per heavy atom. The third kappa shape index (κ3) is 14.3. The Labute approximate surface area is 425 Å². The third-order valence-electron chi connectivity index (χ3n) is 12.8. The second-order valence-electron chi connectivity index (χ2n) is 19.6. The number of carbonyl (C=O) groups is 3. The van der Waals surface area contributed by atoms with Crippen LogP contribution in [0.5, 0.6) is 0 Å². The number of anilines is 3. The number of carbonyl (C=O) groups excluding carboxylic acids is 3. The van der Waals surface area contributed by atoms with Crippen molar-refractivity contribution in [3.05, 3.63) is 71.4 Å². The number of hydrogen-bond donors (Lipinski definition) is 4. The number of β-amino-alcohol motifs (C(OH)–C–C–N with tert-alkyl or cyclic N) is 1. The van der Waals surface area contributed by atoms with E-state index in [9.17, 15) is 19.5 Å². The molecule has 0 bridgehead atoms. The molecule has 1 aromatic carbocycles. The van der Waals surface area contributed by atoms with Crippen LogP contribution in [0, 0.1) is 12.3 Å². The first-order valence-corrected chi connectivity index (χ1v) is 25.6. The van der Waals surface area contributed by atoms with Gasteiger partial charge < -0.3 is 59.1 Å². The normalized spacial score (nSPS) is 17.4. The van der Waals surface area contributed by atoms with Crippen LogP contribution < -0.4 is 20.9 Å².